The van der Waals surface area contributed by atoms with Crippen molar-refractivity contribution in [2.75, 3.05) is 11.9 Å². The van der Waals surface area contributed by atoms with Crippen LogP contribution in [0.3, 0.4) is 0 Å². The van der Waals surface area contributed by atoms with Crippen LogP contribution in [0.4, 0.5) is 5.82 Å². The largest absolute Gasteiger partial charge is 0.387 e. The number of halogens is 2. The predicted octanol–water partition coefficient (Wildman–Crippen LogP) is 3.55. The Kier molecular flexibility index (Phi) is 4.81. The van der Waals surface area contributed by atoms with Crippen LogP contribution < -0.4 is 5.32 Å². The molecule has 1 unspecified atom stereocenters. The van der Waals surface area contributed by atoms with Crippen molar-refractivity contribution in [2.45, 2.75) is 20.0 Å². The van der Waals surface area contributed by atoms with Crippen molar-refractivity contribution in [1.82, 2.24) is 9.97 Å². The Hall–Kier alpha value is -1.36. The lowest BCUT2D eigenvalue weighted by Crippen LogP contribution is -2.14. The second-order valence-electron chi connectivity index (χ2n) is 4.54. The van der Waals surface area contributed by atoms with Gasteiger partial charge in [0, 0.05) is 22.8 Å². The van der Waals surface area contributed by atoms with E-state index in [1.165, 1.54) is 0 Å². The molecule has 0 aliphatic rings. The van der Waals surface area contributed by atoms with Gasteiger partial charge in [-0.15, -0.1) is 0 Å². The zero-order valence-corrected chi connectivity index (χ0v) is 12.7. The molecule has 0 amide bonds. The van der Waals surface area contributed by atoms with Crippen LogP contribution >= 0.6 is 23.2 Å². The molecule has 0 spiro atoms. The Morgan fingerprint density at radius 3 is 2.50 bits per heavy atom. The molecular formula is C14H15Cl2N3O. The summed E-state index contributed by atoms with van der Waals surface area (Å²) >= 11 is 11.8. The van der Waals surface area contributed by atoms with E-state index >= 15 is 0 Å². The van der Waals surface area contributed by atoms with E-state index in [0.29, 0.717) is 28.0 Å². The van der Waals surface area contributed by atoms with Crippen molar-refractivity contribution in [1.29, 1.82) is 0 Å². The molecule has 20 heavy (non-hydrogen) atoms. The topological polar surface area (TPSA) is 58.0 Å². The van der Waals surface area contributed by atoms with Gasteiger partial charge in [0.25, 0.3) is 0 Å². The van der Waals surface area contributed by atoms with Crippen molar-refractivity contribution < 1.29 is 5.11 Å². The first-order valence-electron chi connectivity index (χ1n) is 6.14. The van der Waals surface area contributed by atoms with Crippen LogP contribution in [0.25, 0.3) is 0 Å². The predicted molar refractivity (Wildman–Crippen MR) is 81.4 cm³/mol. The van der Waals surface area contributed by atoms with Gasteiger partial charge in [-0.1, -0.05) is 23.2 Å². The van der Waals surface area contributed by atoms with E-state index in [-0.39, 0.29) is 0 Å². The van der Waals surface area contributed by atoms with Crippen LogP contribution in [-0.2, 0) is 0 Å². The molecule has 1 aromatic carbocycles. The summed E-state index contributed by atoms with van der Waals surface area (Å²) in [6.45, 7) is 4.03. The number of nitrogens with zero attached hydrogens (tertiary/aromatic N) is 2. The highest BCUT2D eigenvalue weighted by molar-refractivity contribution is 6.34. The summed E-state index contributed by atoms with van der Waals surface area (Å²) in [5, 5.41) is 14.2. The van der Waals surface area contributed by atoms with Crippen molar-refractivity contribution in [3.63, 3.8) is 0 Å². The fraction of sp³-hybridized carbons (Fsp3) is 0.286. The second-order valence-corrected chi connectivity index (χ2v) is 5.42. The first-order chi connectivity index (χ1) is 9.45. The molecular weight excluding hydrogens is 297 g/mol. The number of rotatable bonds is 4. The maximum absolute atomic E-state index is 10.2. The minimum Gasteiger partial charge on any atom is -0.387 e. The molecule has 1 aromatic heterocycles. The molecule has 0 aliphatic heterocycles. The summed E-state index contributed by atoms with van der Waals surface area (Å²) in [4.78, 5) is 8.55. The van der Waals surface area contributed by atoms with Gasteiger partial charge in [-0.05, 0) is 37.6 Å². The summed E-state index contributed by atoms with van der Waals surface area (Å²) in [7, 11) is 0. The molecule has 2 rings (SSSR count). The normalized spacial score (nSPS) is 12.2. The average Bonchev–Trinajstić information content (AvgIpc) is 2.38. The van der Waals surface area contributed by atoms with E-state index in [2.05, 4.69) is 15.3 Å². The summed E-state index contributed by atoms with van der Waals surface area (Å²) in [5.41, 5.74) is 2.26. The standard InChI is InChI=1S/C14H15Cl2N3O/c1-8-6-17-9(2)14(19-8)18-7-13(20)10-3-11(15)5-12(16)4-10/h3-6,13,20H,7H2,1-2H3,(H,18,19). The highest BCUT2D eigenvalue weighted by Crippen LogP contribution is 2.24. The minimum atomic E-state index is -0.729. The van der Waals surface area contributed by atoms with E-state index in [9.17, 15) is 5.11 Å². The van der Waals surface area contributed by atoms with Gasteiger partial charge in [0.2, 0.25) is 0 Å². The molecule has 2 N–H and O–H groups in total. The minimum absolute atomic E-state index is 0.301. The number of hydrogen-bond donors (Lipinski definition) is 2. The zero-order valence-electron chi connectivity index (χ0n) is 11.2. The zero-order chi connectivity index (χ0) is 14.7. The Bertz CT molecular complexity index is 599. The molecule has 2 aromatic rings. The fourth-order valence-electron chi connectivity index (χ4n) is 1.78. The lowest BCUT2D eigenvalue weighted by atomic mass is 10.1. The van der Waals surface area contributed by atoms with Gasteiger partial charge in [0.15, 0.2) is 0 Å². The average molecular weight is 312 g/mol. The number of aryl methyl sites for hydroxylation is 2. The molecule has 0 aliphatic carbocycles. The number of aliphatic hydroxyl groups is 1. The van der Waals surface area contributed by atoms with Crippen LogP contribution in [0.2, 0.25) is 10.0 Å². The van der Waals surface area contributed by atoms with Crippen LogP contribution in [0.15, 0.2) is 24.4 Å². The molecule has 0 radical (unpaired) electrons. The van der Waals surface area contributed by atoms with E-state index in [1.807, 2.05) is 13.8 Å². The maximum Gasteiger partial charge on any atom is 0.147 e. The van der Waals surface area contributed by atoms with Crippen LogP contribution in [0.1, 0.15) is 23.1 Å². The van der Waals surface area contributed by atoms with Crippen molar-refractivity contribution in [2.24, 2.45) is 0 Å². The van der Waals surface area contributed by atoms with Gasteiger partial charge in [0.05, 0.1) is 17.5 Å². The van der Waals surface area contributed by atoms with E-state index < -0.39 is 6.10 Å². The Morgan fingerprint density at radius 2 is 1.85 bits per heavy atom. The van der Waals surface area contributed by atoms with Gasteiger partial charge in [0.1, 0.15) is 5.82 Å². The molecule has 0 bridgehead atoms. The molecule has 0 fully saturated rings. The molecule has 1 heterocycles. The van der Waals surface area contributed by atoms with Gasteiger partial charge in [-0.2, -0.15) is 0 Å². The molecule has 1 atom stereocenters. The number of hydrogen-bond acceptors (Lipinski definition) is 4. The van der Waals surface area contributed by atoms with Crippen molar-refractivity contribution >= 4 is 29.0 Å². The van der Waals surface area contributed by atoms with E-state index in [4.69, 9.17) is 23.2 Å². The van der Waals surface area contributed by atoms with Crippen molar-refractivity contribution in [3.05, 3.63) is 51.4 Å². The van der Waals surface area contributed by atoms with Crippen LogP contribution in [0, 0.1) is 13.8 Å². The van der Waals surface area contributed by atoms with Gasteiger partial charge >= 0.3 is 0 Å². The SMILES string of the molecule is Cc1cnc(C)c(NCC(O)c2cc(Cl)cc(Cl)c2)n1. The molecule has 0 saturated heterocycles. The number of aliphatic hydroxyl groups excluding tert-OH is 1. The Morgan fingerprint density at radius 1 is 1.20 bits per heavy atom. The Balaban J connectivity index is 2.08. The first-order valence-corrected chi connectivity index (χ1v) is 6.89. The Labute approximate surface area is 127 Å². The molecule has 4 nitrogen and oxygen atoms in total. The summed E-state index contributed by atoms with van der Waals surface area (Å²) in [5.74, 6) is 0.664. The lowest BCUT2D eigenvalue weighted by molar-refractivity contribution is 0.191. The van der Waals surface area contributed by atoms with Gasteiger partial charge in [-0.3, -0.25) is 4.98 Å². The number of aromatic nitrogens is 2. The molecule has 106 valence electrons. The summed E-state index contributed by atoms with van der Waals surface area (Å²) in [6.07, 6.45) is 0.973. The summed E-state index contributed by atoms with van der Waals surface area (Å²) < 4.78 is 0. The van der Waals surface area contributed by atoms with Crippen molar-refractivity contribution in [3.8, 4) is 0 Å². The fourth-order valence-corrected chi connectivity index (χ4v) is 2.33. The highest BCUT2D eigenvalue weighted by Gasteiger charge is 2.11. The van der Waals surface area contributed by atoms with E-state index in [1.54, 1.807) is 24.4 Å². The van der Waals surface area contributed by atoms with Crippen LogP contribution in [0.5, 0.6) is 0 Å². The quantitative estimate of drug-likeness (QED) is 0.906. The first kappa shape index (κ1) is 15.0. The number of nitrogens with one attached hydrogen (secondary N) is 1. The maximum atomic E-state index is 10.2. The van der Waals surface area contributed by atoms with Gasteiger partial charge < -0.3 is 10.4 Å². The highest BCUT2D eigenvalue weighted by atomic mass is 35.5. The number of anilines is 1. The third kappa shape index (κ3) is 3.82. The number of benzene rings is 1. The van der Waals surface area contributed by atoms with Gasteiger partial charge in [-0.25, -0.2) is 4.98 Å². The molecule has 0 saturated carbocycles. The van der Waals surface area contributed by atoms with E-state index in [0.717, 1.165) is 11.4 Å². The second kappa shape index (κ2) is 6.39. The lowest BCUT2D eigenvalue weighted by Gasteiger charge is -2.14. The monoisotopic (exact) mass is 311 g/mol. The smallest absolute Gasteiger partial charge is 0.147 e. The third-order valence-corrected chi connectivity index (χ3v) is 3.24. The van der Waals surface area contributed by atoms with Crippen LogP contribution in [-0.4, -0.2) is 21.6 Å². The third-order valence-electron chi connectivity index (χ3n) is 2.81. The summed E-state index contributed by atoms with van der Waals surface area (Å²) in [6, 6.07) is 5.01. The molecule has 6 heteroatoms.